The van der Waals surface area contributed by atoms with Crippen LogP contribution in [-0.2, 0) is 9.59 Å². The molecule has 0 radical (unpaired) electrons. The van der Waals surface area contributed by atoms with Crippen LogP contribution in [0.15, 0.2) is 0 Å². The summed E-state index contributed by atoms with van der Waals surface area (Å²) in [6.45, 7) is 11.3. The van der Waals surface area contributed by atoms with Crippen LogP contribution in [-0.4, -0.2) is 39.3 Å². The molecule has 0 aliphatic heterocycles. The first-order valence-corrected chi connectivity index (χ1v) is 9.24. The zero-order valence-corrected chi connectivity index (χ0v) is 16.6. The average Bonchev–Trinajstić information content (AvgIpc) is 2.81. The molecule has 26 heavy (non-hydrogen) atoms. The molecular formula is C19H32N2O5. The number of aliphatic carboxylic acids is 2. The molecule has 0 spiro atoms. The van der Waals surface area contributed by atoms with E-state index in [1.54, 1.807) is 0 Å². The number of carbonyl (C=O) groups is 3. The molecule has 2 rings (SSSR count). The minimum Gasteiger partial charge on any atom is -0.481 e. The van der Waals surface area contributed by atoms with E-state index in [1.165, 1.54) is 0 Å². The van der Waals surface area contributed by atoms with Gasteiger partial charge in [-0.3, -0.25) is 9.59 Å². The molecule has 0 saturated heterocycles. The van der Waals surface area contributed by atoms with Crippen molar-refractivity contribution in [2.45, 2.75) is 78.3 Å². The van der Waals surface area contributed by atoms with Crippen molar-refractivity contribution in [1.82, 2.24) is 10.6 Å². The fourth-order valence-electron chi connectivity index (χ4n) is 4.85. The van der Waals surface area contributed by atoms with Crippen molar-refractivity contribution in [2.75, 3.05) is 0 Å². The van der Waals surface area contributed by atoms with Crippen molar-refractivity contribution in [3.05, 3.63) is 0 Å². The molecule has 0 bridgehead atoms. The van der Waals surface area contributed by atoms with E-state index in [9.17, 15) is 24.6 Å². The highest BCUT2D eigenvalue weighted by molar-refractivity contribution is 5.78. The Kier molecular flexibility index (Phi) is 4.84. The third-order valence-corrected chi connectivity index (χ3v) is 7.83. The monoisotopic (exact) mass is 368 g/mol. The Balaban J connectivity index is 2.14. The predicted octanol–water partition coefficient (Wildman–Crippen LogP) is 2.84. The molecule has 4 atom stereocenters. The highest BCUT2D eigenvalue weighted by Crippen LogP contribution is 2.51. The lowest BCUT2D eigenvalue weighted by Crippen LogP contribution is -2.63. The molecule has 2 aliphatic carbocycles. The molecule has 2 fully saturated rings. The van der Waals surface area contributed by atoms with Crippen LogP contribution in [0.1, 0.15) is 67.2 Å². The fraction of sp³-hybridized carbons (Fsp3) is 0.842. The van der Waals surface area contributed by atoms with Crippen LogP contribution >= 0.6 is 0 Å². The minimum absolute atomic E-state index is 0.367. The van der Waals surface area contributed by atoms with Crippen LogP contribution in [0.2, 0.25) is 0 Å². The van der Waals surface area contributed by atoms with E-state index >= 15 is 0 Å². The largest absolute Gasteiger partial charge is 0.481 e. The maximum Gasteiger partial charge on any atom is 0.315 e. The Morgan fingerprint density at radius 2 is 1.04 bits per heavy atom. The summed E-state index contributed by atoms with van der Waals surface area (Å²) in [5.41, 5.74) is -2.48. The van der Waals surface area contributed by atoms with E-state index < -0.39 is 45.7 Å². The maximum atomic E-state index is 12.8. The van der Waals surface area contributed by atoms with Gasteiger partial charge in [-0.25, -0.2) is 4.79 Å². The lowest BCUT2D eigenvalue weighted by atomic mass is 9.70. The topological polar surface area (TPSA) is 116 Å². The second-order valence-electron chi connectivity index (χ2n) is 9.55. The van der Waals surface area contributed by atoms with Crippen LogP contribution in [0.3, 0.4) is 0 Å². The lowest BCUT2D eigenvalue weighted by Gasteiger charge is -2.44. The van der Waals surface area contributed by atoms with Crippen molar-refractivity contribution in [3.8, 4) is 0 Å². The van der Waals surface area contributed by atoms with Crippen molar-refractivity contribution in [2.24, 2.45) is 22.7 Å². The molecule has 2 aliphatic rings. The van der Waals surface area contributed by atoms with Crippen molar-refractivity contribution in [1.29, 1.82) is 0 Å². The molecule has 2 saturated carbocycles. The van der Waals surface area contributed by atoms with Gasteiger partial charge in [0.15, 0.2) is 0 Å². The molecule has 0 aromatic rings. The van der Waals surface area contributed by atoms with E-state index in [4.69, 9.17) is 0 Å². The quantitative estimate of drug-likeness (QED) is 0.609. The molecule has 0 heterocycles. The van der Waals surface area contributed by atoms with E-state index in [0.717, 1.165) is 0 Å². The first-order valence-electron chi connectivity index (χ1n) is 9.24. The second kappa shape index (κ2) is 6.13. The number of carboxylic acid groups (broad SMARTS) is 2. The summed E-state index contributed by atoms with van der Waals surface area (Å²) in [7, 11) is 0. The first kappa shape index (κ1) is 20.5. The predicted molar refractivity (Wildman–Crippen MR) is 96.8 cm³/mol. The number of hydrogen-bond acceptors (Lipinski definition) is 3. The second-order valence-corrected chi connectivity index (χ2v) is 9.55. The van der Waals surface area contributed by atoms with Gasteiger partial charge in [0.05, 0.1) is 11.8 Å². The first-order chi connectivity index (χ1) is 11.7. The zero-order valence-electron chi connectivity index (χ0n) is 16.6. The van der Waals surface area contributed by atoms with Gasteiger partial charge in [0.2, 0.25) is 0 Å². The lowest BCUT2D eigenvalue weighted by molar-refractivity contribution is -0.146. The number of carbonyl (C=O) groups excluding carboxylic acids is 1. The van der Waals surface area contributed by atoms with Crippen molar-refractivity contribution < 1.29 is 24.6 Å². The standard InChI is InChI=1S/C19H32N2O5/c1-16(2)11(13(22)23)7-9-18(16,5)20-15(26)21-19(6)10-8-12(14(24)25)17(19,3)4/h11-12H,7-10H2,1-6H3,(H,22,23)(H,24,25)(H2,20,21,26). The molecule has 2 amide bonds. The highest BCUT2D eigenvalue weighted by Gasteiger charge is 2.57. The van der Waals surface area contributed by atoms with Crippen LogP contribution in [0, 0.1) is 22.7 Å². The summed E-state index contributed by atoms with van der Waals surface area (Å²) in [5, 5.41) is 24.9. The Labute approximate surface area is 154 Å². The zero-order chi connectivity index (χ0) is 20.1. The maximum absolute atomic E-state index is 12.8. The number of rotatable bonds is 4. The number of amides is 2. The van der Waals surface area contributed by atoms with Gasteiger partial charge in [-0.15, -0.1) is 0 Å². The molecule has 0 aromatic heterocycles. The molecule has 4 N–H and O–H groups in total. The summed E-state index contributed by atoms with van der Waals surface area (Å²) < 4.78 is 0. The fourth-order valence-corrected chi connectivity index (χ4v) is 4.85. The number of nitrogens with one attached hydrogen (secondary N) is 2. The van der Waals surface area contributed by atoms with Crippen LogP contribution < -0.4 is 10.6 Å². The number of hydrogen-bond donors (Lipinski definition) is 4. The Morgan fingerprint density at radius 3 is 1.27 bits per heavy atom. The summed E-state index contributed by atoms with van der Waals surface area (Å²) >= 11 is 0. The van der Waals surface area contributed by atoms with Gasteiger partial charge in [-0.05, 0) is 39.5 Å². The third-order valence-electron chi connectivity index (χ3n) is 7.83. The van der Waals surface area contributed by atoms with Crippen molar-refractivity contribution in [3.63, 3.8) is 0 Å². The Hall–Kier alpha value is -1.79. The third kappa shape index (κ3) is 2.95. The smallest absolute Gasteiger partial charge is 0.315 e. The van der Waals surface area contributed by atoms with Crippen LogP contribution in [0.25, 0.3) is 0 Å². The SMILES string of the molecule is CC1(NC(=O)NC2(C)CCC(C(=O)O)C2(C)C)CCC(C(=O)O)C1(C)C. The number of urea groups is 1. The summed E-state index contributed by atoms with van der Waals surface area (Å²) in [6.07, 6.45) is 2.20. The Bertz CT molecular complexity index is 577. The molecule has 4 unspecified atom stereocenters. The average molecular weight is 368 g/mol. The summed E-state index contributed by atoms with van der Waals surface area (Å²) in [4.78, 5) is 35.8. The molecule has 7 nitrogen and oxygen atoms in total. The van der Waals surface area contributed by atoms with Crippen LogP contribution in [0.5, 0.6) is 0 Å². The van der Waals surface area contributed by atoms with Gasteiger partial charge in [0.25, 0.3) is 0 Å². The summed E-state index contributed by atoms with van der Waals surface area (Å²) in [5.74, 6) is -2.70. The summed E-state index contributed by atoms with van der Waals surface area (Å²) in [6, 6.07) is -0.367. The van der Waals surface area contributed by atoms with Crippen LogP contribution in [0.4, 0.5) is 4.79 Å². The van der Waals surface area contributed by atoms with E-state index in [0.29, 0.717) is 25.7 Å². The van der Waals surface area contributed by atoms with Gasteiger partial charge in [0, 0.05) is 21.9 Å². The molecule has 0 aromatic carbocycles. The van der Waals surface area contributed by atoms with E-state index in [-0.39, 0.29) is 6.03 Å². The normalized spacial score (nSPS) is 37.9. The molecule has 148 valence electrons. The van der Waals surface area contributed by atoms with Gasteiger partial charge >= 0.3 is 18.0 Å². The Morgan fingerprint density at radius 1 is 0.731 bits per heavy atom. The van der Waals surface area contributed by atoms with Gasteiger partial charge in [0.1, 0.15) is 0 Å². The van der Waals surface area contributed by atoms with E-state index in [1.807, 2.05) is 41.5 Å². The molecular weight excluding hydrogens is 336 g/mol. The van der Waals surface area contributed by atoms with Crippen molar-refractivity contribution >= 4 is 18.0 Å². The molecule has 7 heteroatoms. The minimum atomic E-state index is -0.839. The number of carboxylic acids is 2. The highest BCUT2D eigenvalue weighted by atomic mass is 16.4. The van der Waals surface area contributed by atoms with E-state index in [2.05, 4.69) is 10.6 Å². The van der Waals surface area contributed by atoms with Gasteiger partial charge in [-0.1, -0.05) is 27.7 Å². The van der Waals surface area contributed by atoms with Gasteiger partial charge < -0.3 is 20.8 Å². The van der Waals surface area contributed by atoms with Gasteiger partial charge in [-0.2, -0.15) is 0 Å².